The van der Waals surface area contributed by atoms with Crippen LogP contribution in [0, 0.1) is 0 Å². The van der Waals surface area contributed by atoms with Gasteiger partial charge in [-0.25, -0.2) is 8.42 Å². The number of benzene rings is 2. The fraction of sp³-hybridized carbons (Fsp3) is 0.278. The lowest BCUT2D eigenvalue weighted by atomic mass is 9.87. The summed E-state index contributed by atoms with van der Waals surface area (Å²) in [5, 5.41) is 12.7. The van der Waals surface area contributed by atoms with Crippen LogP contribution < -0.4 is 10.0 Å². The smallest absolute Gasteiger partial charge is 0.255 e. The second kappa shape index (κ2) is 6.76. The average Bonchev–Trinajstić information content (AvgIpc) is 2.46. The highest BCUT2D eigenvalue weighted by molar-refractivity contribution is 7.92. The van der Waals surface area contributed by atoms with Crippen LogP contribution in [-0.4, -0.2) is 25.7 Å². The molecule has 0 radical (unpaired) electrons. The van der Waals surface area contributed by atoms with Crippen molar-refractivity contribution in [3.8, 4) is 5.75 Å². The Hall–Kier alpha value is -2.54. The van der Waals surface area contributed by atoms with Gasteiger partial charge in [0.25, 0.3) is 5.91 Å². The molecule has 0 heterocycles. The van der Waals surface area contributed by atoms with Crippen molar-refractivity contribution in [2.24, 2.45) is 0 Å². The van der Waals surface area contributed by atoms with E-state index in [0.29, 0.717) is 11.4 Å². The molecular formula is C18H22N2O4S. The van der Waals surface area contributed by atoms with Gasteiger partial charge in [-0.05, 0) is 41.3 Å². The Morgan fingerprint density at radius 2 is 1.76 bits per heavy atom. The highest BCUT2D eigenvalue weighted by Gasteiger charge is 2.17. The number of carbonyl (C=O) groups excluding carboxylic acids is 1. The molecule has 0 aliphatic carbocycles. The molecule has 6 nitrogen and oxygen atoms in total. The van der Waals surface area contributed by atoms with Crippen molar-refractivity contribution < 1.29 is 18.3 Å². The van der Waals surface area contributed by atoms with E-state index in [4.69, 9.17) is 0 Å². The van der Waals surface area contributed by atoms with Crippen LogP contribution in [0.15, 0.2) is 42.5 Å². The van der Waals surface area contributed by atoms with Gasteiger partial charge >= 0.3 is 0 Å². The zero-order valence-corrected chi connectivity index (χ0v) is 15.4. The number of hydrogen-bond acceptors (Lipinski definition) is 4. The van der Waals surface area contributed by atoms with Crippen LogP contribution in [0.4, 0.5) is 11.4 Å². The Morgan fingerprint density at radius 1 is 1.08 bits per heavy atom. The Labute approximate surface area is 147 Å². The van der Waals surface area contributed by atoms with Crippen LogP contribution in [0.1, 0.15) is 36.7 Å². The Balaban J connectivity index is 2.27. The van der Waals surface area contributed by atoms with Gasteiger partial charge in [0.2, 0.25) is 10.0 Å². The van der Waals surface area contributed by atoms with Gasteiger partial charge in [-0.3, -0.25) is 9.52 Å². The summed E-state index contributed by atoms with van der Waals surface area (Å²) in [5.41, 5.74) is 1.70. The summed E-state index contributed by atoms with van der Waals surface area (Å²) in [6, 6.07) is 11.2. The lowest BCUT2D eigenvalue weighted by Gasteiger charge is -2.20. The normalized spacial score (nSPS) is 11.8. The highest BCUT2D eigenvalue weighted by atomic mass is 32.2. The van der Waals surface area contributed by atoms with Crippen molar-refractivity contribution in [2.45, 2.75) is 26.2 Å². The molecule has 0 aliphatic rings. The van der Waals surface area contributed by atoms with E-state index in [1.165, 1.54) is 12.1 Å². The van der Waals surface area contributed by atoms with Crippen molar-refractivity contribution in [3.05, 3.63) is 53.6 Å². The third-order valence-electron chi connectivity index (χ3n) is 3.54. The van der Waals surface area contributed by atoms with Crippen LogP contribution in [0.3, 0.4) is 0 Å². The third kappa shape index (κ3) is 5.22. The molecule has 0 saturated carbocycles. The summed E-state index contributed by atoms with van der Waals surface area (Å²) in [6.45, 7) is 6.10. The van der Waals surface area contributed by atoms with Gasteiger partial charge in [0, 0.05) is 11.3 Å². The highest BCUT2D eigenvalue weighted by Crippen LogP contribution is 2.31. The monoisotopic (exact) mass is 362 g/mol. The minimum atomic E-state index is -3.43. The Bertz CT molecular complexity index is 900. The molecule has 1 amide bonds. The van der Waals surface area contributed by atoms with Crippen molar-refractivity contribution >= 4 is 27.3 Å². The first-order valence-corrected chi connectivity index (χ1v) is 9.57. The SMILES string of the molecule is CC(C)(C)c1ccc(O)c(NC(=O)c2cccc(NS(C)(=O)=O)c2)c1. The summed E-state index contributed by atoms with van der Waals surface area (Å²) >= 11 is 0. The van der Waals surface area contributed by atoms with E-state index in [9.17, 15) is 18.3 Å². The number of carbonyl (C=O) groups is 1. The number of rotatable bonds is 4. The predicted molar refractivity (Wildman–Crippen MR) is 99.7 cm³/mol. The van der Waals surface area contributed by atoms with Gasteiger partial charge < -0.3 is 10.4 Å². The van der Waals surface area contributed by atoms with Crippen molar-refractivity contribution in [2.75, 3.05) is 16.3 Å². The first-order valence-electron chi connectivity index (χ1n) is 7.68. The molecule has 134 valence electrons. The topological polar surface area (TPSA) is 95.5 Å². The number of sulfonamides is 1. The van der Waals surface area contributed by atoms with Gasteiger partial charge in [-0.2, -0.15) is 0 Å². The van der Waals surface area contributed by atoms with Crippen molar-refractivity contribution in [1.82, 2.24) is 0 Å². The molecule has 7 heteroatoms. The molecule has 0 unspecified atom stereocenters. The number of anilines is 2. The summed E-state index contributed by atoms with van der Waals surface area (Å²) in [5.74, 6) is -0.481. The first kappa shape index (κ1) is 18.8. The Morgan fingerprint density at radius 3 is 2.36 bits per heavy atom. The van der Waals surface area contributed by atoms with Crippen molar-refractivity contribution in [3.63, 3.8) is 0 Å². The average molecular weight is 362 g/mol. The summed E-state index contributed by atoms with van der Waals surface area (Å²) in [4.78, 5) is 12.4. The molecular weight excluding hydrogens is 340 g/mol. The number of phenolic OH excluding ortho intramolecular Hbond substituents is 1. The minimum absolute atomic E-state index is 0.0354. The molecule has 3 N–H and O–H groups in total. The lowest BCUT2D eigenvalue weighted by molar-refractivity contribution is 0.102. The van der Waals surface area contributed by atoms with Gasteiger partial charge in [0.1, 0.15) is 5.75 Å². The number of nitrogens with one attached hydrogen (secondary N) is 2. The first-order chi connectivity index (χ1) is 11.5. The second-order valence-electron chi connectivity index (χ2n) is 6.89. The zero-order chi connectivity index (χ0) is 18.8. The number of amides is 1. The van der Waals surface area contributed by atoms with E-state index < -0.39 is 15.9 Å². The standard InChI is InChI=1S/C18H22N2O4S/c1-18(2,3)13-8-9-16(21)15(11-13)19-17(22)12-6-5-7-14(10-12)20-25(4,23)24/h5-11,20-21H,1-4H3,(H,19,22). The molecule has 0 aliphatic heterocycles. The summed E-state index contributed by atoms with van der Waals surface area (Å²) < 4.78 is 24.9. The largest absolute Gasteiger partial charge is 0.506 e. The third-order valence-corrected chi connectivity index (χ3v) is 4.15. The van der Waals surface area contributed by atoms with Crippen LogP contribution in [0.2, 0.25) is 0 Å². The summed E-state index contributed by atoms with van der Waals surface area (Å²) in [7, 11) is -3.43. The van der Waals surface area contributed by atoms with E-state index in [1.54, 1.807) is 24.3 Å². The van der Waals surface area contributed by atoms with Gasteiger partial charge in [0.15, 0.2) is 0 Å². The minimum Gasteiger partial charge on any atom is -0.506 e. The van der Waals surface area contributed by atoms with E-state index >= 15 is 0 Å². The van der Waals surface area contributed by atoms with E-state index in [2.05, 4.69) is 10.0 Å². The lowest BCUT2D eigenvalue weighted by Crippen LogP contribution is -2.15. The maximum Gasteiger partial charge on any atom is 0.255 e. The molecule has 0 aromatic heterocycles. The van der Waals surface area contributed by atoms with Gasteiger partial charge in [0.05, 0.1) is 11.9 Å². The zero-order valence-electron chi connectivity index (χ0n) is 14.6. The quantitative estimate of drug-likeness (QED) is 0.727. The van der Waals surface area contributed by atoms with E-state index in [0.717, 1.165) is 11.8 Å². The maximum absolute atomic E-state index is 12.4. The van der Waals surface area contributed by atoms with Gasteiger partial charge in [-0.1, -0.05) is 32.9 Å². The number of phenols is 1. The molecule has 0 atom stereocenters. The molecule has 0 fully saturated rings. The Kier molecular flexibility index (Phi) is 5.08. The molecule has 25 heavy (non-hydrogen) atoms. The van der Waals surface area contributed by atoms with Crippen molar-refractivity contribution in [1.29, 1.82) is 0 Å². The fourth-order valence-corrected chi connectivity index (χ4v) is 2.79. The molecule has 2 aromatic carbocycles. The summed E-state index contributed by atoms with van der Waals surface area (Å²) in [6.07, 6.45) is 1.04. The predicted octanol–water partition coefficient (Wildman–Crippen LogP) is 3.31. The fourth-order valence-electron chi connectivity index (χ4n) is 2.24. The molecule has 2 aromatic rings. The molecule has 0 saturated heterocycles. The van der Waals surface area contributed by atoms with Crippen LogP contribution in [0.25, 0.3) is 0 Å². The van der Waals surface area contributed by atoms with Gasteiger partial charge in [-0.15, -0.1) is 0 Å². The molecule has 2 rings (SSSR count). The van der Waals surface area contributed by atoms with Crippen LogP contribution in [0.5, 0.6) is 5.75 Å². The maximum atomic E-state index is 12.4. The number of aromatic hydroxyl groups is 1. The second-order valence-corrected chi connectivity index (χ2v) is 8.64. The number of hydrogen-bond donors (Lipinski definition) is 3. The van der Waals surface area contributed by atoms with Crippen LogP contribution >= 0.6 is 0 Å². The van der Waals surface area contributed by atoms with E-state index in [1.807, 2.05) is 26.8 Å². The van der Waals surface area contributed by atoms with Crippen LogP contribution in [-0.2, 0) is 15.4 Å². The molecule has 0 spiro atoms. The molecule has 0 bridgehead atoms. The van der Waals surface area contributed by atoms with E-state index in [-0.39, 0.29) is 16.7 Å².